The van der Waals surface area contributed by atoms with Crippen molar-refractivity contribution in [2.45, 2.75) is 25.9 Å². The molecular formula is C11H17O4P. The van der Waals surface area contributed by atoms with Crippen molar-refractivity contribution in [2.24, 2.45) is 0 Å². The molecule has 1 rings (SSSR count). The zero-order valence-corrected chi connectivity index (χ0v) is 10.3. The van der Waals surface area contributed by atoms with Gasteiger partial charge in [-0.2, -0.15) is 0 Å². The smallest absolute Gasteiger partial charge is 0.325 e. The van der Waals surface area contributed by atoms with E-state index in [9.17, 15) is 9.67 Å². The first-order valence-corrected chi connectivity index (χ1v) is 6.84. The molecule has 1 unspecified atom stereocenters. The van der Waals surface area contributed by atoms with Crippen LogP contribution in [-0.2, 0) is 10.2 Å². The summed E-state index contributed by atoms with van der Waals surface area (Å²) >= 11 is 0. The number of aliphatic hydroxyl groups is 1. The molecule has 1 atom stereocenters. The lowest BCUT2D eigenvalue weighted by molar-refractivity contribution is 0.0525. The molecule has 1 aromatic rings. The van der Waals surface area contributed by atoms with Crippen LogP contribution in [0.4, 0.5) is 0 Å². The van der Waals surface area contributed by atoms with E-state index in [0.717, 1.165) is 5.56 Å². The van der Waals surface area contributed by atoms with Gasteiger partial charge in [0.15, 0.2) is 0 Å². The van der Waals surface area contributed by atoms with Crippen molar-refractivity contribution in [3.8, 4) is 0 Å². The van der Waals surface area contributed by atoms with Gasteiger partial charge >= 0.3 is 7.60 Å². The van der Waals surface area contributed by atoms with Crippen LogP contribution in [0.1, 0.15) is 24.5 Å². The van der Waals surface area contributed by atoms with Crippen LogP contribution in [0.2, 0.25) is 0 Å². The number of benzene rings is 1. The highest BCUT2D eigenvalue weighted by Crippen LogP contribution is 2.39. The van der Waals surface area contributed by atoms with Crippen LogP contribution in [-0.4, -0.2) is 21.1 Å². The Balaban J connectivity index is 2.77. The summed E-state index contributed by atoms with van der Waals surface area (Å²) in [4.78, 5) is 17.5. The predicted octanol–water partition coefficient (Wildman–Crippen LogP) is 1.77. The lowest BCUT2D eigenvalue weighted by Crippen LogP contribution is -2.22. The van der Waals surface area contributed by atoms with E-state index < -0.39 is 13.2 Å². The molecule has 0 saturated carbocycles. The molecule has 0 fully saturated rings. The van der Waals surface area contributed by atoms with Crippen molar-refractivity contribution in [3.05, 3.63) is 35.4 Å². The van der Waals surface area contributed by atoms with Crippen LogP contribution in [0.15, 0.2) is 24.3 Å². The van der Waals surface area contributed by atoms with Crippen LogP contribution in [0.3, 0.4) is 0 Å². The predicted molar refractivity (Wildman–Crippen MR) is 62.3 cm³/mol. The highest BCUT2D eigenvalue weighted by Gasteiger charge is 2.26. The number of hydrogen-bond acceptors (Lipinski definition) is 2. The van der Waals surface area contributed by atoms with Crippen LogP contribution >= 0.6 is 7.60 Å². The molecule has 0 amide bonds. The molecule has 5 heteroatoms. The van der Waals surface area contributed by atoms with E-state index in [2.05, 4.69) is 0 Å². The highest BCUT2D eigenvalue weighted by atomic mass is 31.2. The lowest BCUT2D eigenvalue weighted by Gasteiger charge is -2.24. The second-order valence-electron chi connectivity index (χ2n) is 4.28. The number of hydrogen-bond donors (Lipinski definition) is 3. The maximum Gasteiger partial charge on any atom is 0.325 e. The molecule has 0 aliphatic heterocycles. The fourth-order valence-electron chi connectivity index (χ4n) is 1.42. The van der Waals surface area contributed by atoms with Crippen LogP contribution < -0.4 is 0 Å². The molecule has 0 spiro atoms. The molecular weight excluding hydrogens is 227 g/mol. The minimum atomic E-state index is -4.05. The molecule has 0 saturated heterocycles. The first-order chi connectivity index (χ1) is 7.21. The largest absolute Gasteiger partial charge is 0.385 e. The first kappa shape index (κ1) is 13.4. The fraction of sp³-hybridized carbons (Fsp3) is 0.455. The molecule has 0 aliphatic carbocycles. The normalized spacial score (nSPS) is 15.8. The van der Waals surface area contributed by atoms with E-state index in [-0.39, 0.29) is 12.6 Å². The average Bonchev–Trinajstić information content (AvgIpc) is 2.15. The molecule has 0 heterocycles. The topological polar surface area (TPSA) is 77.8 Å². The second-order valence-corrected chi connectivity index (χ2v) is 6.05. The summed E-state index contributed by atoms with van der Waals surface area (Å²) in [7, 11) is -4.05. The van der Waals surface area contributed by atoms with Gasteiger partial charge in [-0.05, 0) is 25.8 Å². The van der Waals surface area contributed by atoms with Crippen LogP contribution in [0.25, 0.3) is 0 Å². The Kier molecular flexibility index (Phi) is 3.92. The van der Waals surface area contributed by atoms with Crippen molar-refractivity contribution in [1.29, 1.82) is 0 Å². The summed E-state index contributed by atoms with van der Waals surface area (Å²) in [5.41, 5.74) is 0.551. The Labute approximate surface area is 95.1 Å². The Morgan fingerprint density at radius 1 is 1.25 bits per heavy atom. The third kappa shape index (κ3) is 4.06. The molecule has 4 nitrogen and oxygen atoms in total. The molecule has 16 heavy (non-hydrogen) atoms. The van der Waals surface area contributed by atoms with Gasteiger partial charge in [-0.3, -0.25) is 4.57 Å². The van der Waals surface area contributed by atoms with Gasteiger partial charge in [0.25, 0.3) is 0 Å². The molecule has 0 bridgehead atoms. The van der Waals surface area contributed by atoms with Crippen LogP contribution in [0.5, 0.6) is 0 Å². The standard InChI is InChI=1S/C11H17O4P/c1-9-3-5-10(6-4-9)11(2,12)7-8-16(13,14)15/h3-6,12H,7-8H2,1-2H3,(H2,13,14,15). The van der Waals surface area contributed by atoms with Gasteiger partial charge in [0.05, 0.1) is 11.8 Å². The number of aryl methyl sites for hydroxylation is 1. The second kappa shape index (κ2) is 4.68. The summed E-state index contributed by atoms with van der Waals surface area (Å²) in [5.74, 6) is 0. The lowest BCUT2D eigenvalue weighted by atomic mass is 9.93. The highest BCUT2D eigenvalue weighted by molar-refractivity contribution is 7.51. The minimum Gasteiger partial charge on any atom is -0.385 e. The van der Waals surface area contributed by atoms with Gasteiger partial charge in [0.1, 0.15) is 0 Å². The summed E-state index contributed by atoms with van der Waals surface area (Å²) in [5, 5.41) is 10.1. The quantitative estimate of drug-likeness (QED) is 0.705. The number of rotatable bonds is 4. The van der Waals surface area contributed by atoms with Crippen LogP contribution in [0, 0.1) is 6.92 Å². The Morgan fingerprint density at radius 3 is 2.19 bits per heavy atom. The molecule has 0 aromatic heterocycles. The van der Waals surface area contributed by atoms with Gasteiger partial charge in [-0.15, -0.1) is 0 Å². The van der Waals surface area contributed by atoms with E-state index in [1.807, 2.05) is 19.1 Å². The Morgan fingerprint density at radius 2 is 1.75 bits per heavy atom. The SMILES string of the molecule is Cc1ccc(C(C)(O)CCP(=O)(O)O)cc1. The van der Waals surface area contributed by atoms with Crippen molar-refractivity contribution in [1.82, 2.24) is 0 Å². The van der Waals surface area contributed by atoms with Gasteiger partial charge in [0.2, 0.25) is 0 Å². The summed E-state index contributed by atoms with van der Waals surface area (Å²) in [6.07, 6.45) is -0.270. The summed E-state index contributed by atoms with van der Waals surface area (Å²) < 4.78 is 10.7. The van der Waals surface area contributed by atoms with E-state index in [0.29, 0.717) is 5.56 Å². The zero-order chi connectivity index (χ0) is 12.4. The van der Waals surface area contributed by atoms with Gasteiger partial charge in [-0.1, -0.05) is 29.8 Å². The Bertz CT molecular complexity index is 391. The maximum absolute atomic E-state index is 10.7. The van der Waals surface area contributed by atoms with E-state index in [1.165, 1.54) is 0 Å². The summed E-state index contributed by atoms with van der Waals surface area (Å²) in [6.45, 7) is 3.50. The zero-order valence-electron chi connectivity index (χ0n) is 9.42. The van der Waals surface area contributed by atoms with E-state index in [1.54, 1.807) is 19.1 Å². The van der Waals surface area contributed by atoms with E-state index >= 15 is 0 Å². The first-order valence-electron chi connectivity index (χ1n) is 5.05. The third-order valence-corrected chi connectivity index (χ3v) is 3.37. The maximum atomic E-state index is 10.7. The average molecular weight is 244 g/mol. The molecule has 3 N–H and O–H groups in total. The van der Waals surface area contributed by atoms with Gasteiger partial charge < -0.3 is 14.9 Å². The molecule has 1 aromatic carbocycles. The Hall–Kier alpha value is -0.670. The fourth-order valence-corrected chi connectivity index (χ4v) is 2.15. The third-order valence-electron chi connectivity index (χ3n) is 2.56. The monoisotopic (exact) mass is 244 g/mol. The van der Waals surface area contributed by atoms with Gasteiger partial charge in [-0.25, -0.2) is 0 Å². The summed E-state index contributed by atoms with van der Waals surface area (Å²) in [6, 6.07) is 7.27. The van der Waals surface area contributed by atoms with E-state index in [4.69, 9.17) is 9.79 Å². The minimum absolute atomic E-state index is 0.0420. The van der Waals surface area contributed by atoms with Gasteiger partial charge in [0, 0.05) is 0 Å². The molecule has 0 radical (unpaired) electrons. The van der Waals surface area contributed by atoms with Crippen molar-refractivity contribution < 1.29 is 19.5 Å². The van der Waals surface area contributed by atoms with Crippen molar-refractivity contribution in [2.75, 3.05) is 6.16 Å². The van der Waals surface area contributed by atoms with Crippen molar-refractivity contribution in [3.63, 3.8) is 0 Å². The molecule has 0 aliphatic rings. The molecule has 90 valence electrons. The van der Waals surface area contributed by atoms with Crippen molar-refractivity contribution >= 4 is 7.60 Å².